The van der Waals surface area contributed by atoms with Crippen LogP contribution in [-0.2, 0) is 19.6 Å². The molecule has 1 aliphatic rings. The van der Waals surface area contributed by atoms with E-state index in [0.717, 1.165) is 12.8 Å². The summed E-state index contributed by atoms with van der Waals surface area (Å²) in [6, 6.07) is -0.144. The number of nitrogens with zero attached hydrogens (tertiary/aromatic N) is 1. The van der Waals surface area contributed by atoms with Crippen LogP contribution < -0.4 is 0 Å². The van der Waals surface area contributed by atoms with Crippen molar-refractivity contribution in [2.75, 3.05) is 26.0 Å². The van der Waals surface area contributed by atoms with Crippen molar-refractivity contribution in [1.82, 2.24) is 4.31 Å². The maximum Gasteiger partial charge on any atom is 0.320 e. The summed E-state index contributed by atoms with van der Waals surface area (Å²) >= 11 is 0. The van der Waals surface area contributed by atoms with Crippen molar-refractivity contribution in [2.24, 2.45) is 5.92 Å². The fraction of sp³-hybridized carbons (Fsp3) is 0.900. The summed E-state index contributed by atoms with van der Waals surface area (Å²) in [7, 11) is -2.25. The van der Waals surface area contributed by atoms with Crippen molar-refractivity contribution in [3.63, 3.8) is 0 Å². The van der Waals surface area contributed by atoms with E-state index < -0.39 is 21.7 Å². The van der Waals surface area contributed by atoms with Gasteiger partial charge in [-0.25, -0.2) is 8.42 Å². The van der Waals surface area contributed by atoms with E-state index in [4.69, 9.17) is 9.84 Å². The van der Waals surface area contributed by atoms with E-state index in [-0.39, 0.29) is 19.2 Å². The first-order valence-corrected chi connectivity index (χ1v) is 7.19. The van der Waals surface area contributed by atoms with Crippen LogP contribution in [-0.4, -0.2) is 55.9 Å². The molecule has 1 aliphatic carbocycles. The number of rotatable bonds is 8. The summed E-state index contributed by atoms with van der Waals surface area (Å²) in [5.74, 6) is -1.82. The Hall–Kier alpha value is -0.660. The highest BCUT2D eigenvalue weighted by Crippen LogP contribution is 2.36. The zero-order valence-electron chi connectivity index (χ0n) is 10.1. The molecule has 0 amide bonds. The largest absolute Gasteiger partial charge is 0.480 e. The van der Waals surface area contributed by atoms with Gasteiger partial charge in [-0.2, -0.15) is 4.31 Å². The summed E-state index contributed by atoms with van der Waals surface area (Å²) in [6.45, 7) is 2.31. The van der Waals surface area contributed by atoms with Gasteiger partial charge in [0.25, 0.3) is 0 Å². The maximum absolute atomic E-state index is 11.9. The third-order valence-corrected chi connectivity index (χ3v) is 4.78. The van der Waals surface area contributed by atoms with Gasteiger partial charge in [-0.3, -0.25) is 4.79 Å². The molecule has 7 heteroatoms. The normalized spacial score (nSPS) is 18.3. The first kappa shape index (κ1) is 14.4. The summed E-state index contributed by atoms with van der Waals surface area (Å²) in [6.07, 6.45) is 2.01. The molecule has 0 aromatic heterocycles. The first-order chi connectivity index (χ1) is 7.88. The number of methoxy groups -OCH3 is 1. The van der Waals surface area contributed by atoms with Crippen molar-refractivity contribution in [1.29, 1.82) is 0 Å². The number of aliphatic carboxylic acids is 1. The van der Waals surface area contributed by atoms with Crippen LogP contribution in [0.3, 0.4) is 0 Å². The highest BCUT2D eigenvalue weighted by atomic mass is 32.2. The molecule has 0 aliphatic heterocycles. The minimum Gasteiger partial charge on any atom is -0.480 e. The predicted octanol–water partition coefficient (Wildman–Crippen LogP) is 0.148. The lowest BCUT2D eigenvalue weighted by Crippen LogP contribution is -2.44. The second kappa shape index (κ2) is 5.79. The fourth-order valence-electron chi connectivity index (χ4n) is 1.83. The van der Waals surface area contributed by atoms with E-state index in [1.165, 1.54) is 11.4 Å². The molecule has 1 unspecified atom stereocenters. The third kappa shape index (κ3) is 4.25. The molecule has 1 atom stereocenters. The highest BCUT2D eigenvalue weighted by molar-refractivity contribution is 7.89. The summed E-state index contributed by atoms with van der Waals surface area (Å²) < 4.78 is 30.0. The first-order valence-electron chi connectivity index (χ1n) is 5.58. The molecule has 0 aromatic carbocycles. The van der Waals surface area contributed by atoms with Crippen LogP contribution in [0.2, 0.25) is 0 Å². The Morgan fingerprint density at radius 1 is 1.53 bits per heavy atom. The number of carboxylic acids is 1. The molecule has 0 radical (unpaired) electrons. The SMILES string of the molecule is COCCN(C(C)C1CC1)S(=O)(=O)CC(=O)O. The molecule has 100 valence electrons. The van der Waals surface area contributed by atoms with E-state index in [9.17, 15) is 13.2 Å². The van der Waals surface area contributed by atoms with E-state index in [1.54, 1.807) is 0 Å². The number of ether oxygens (including phenoxy) is 1. The van der Waals surface area contributed by atoms with Crippen molar-refractivity contribution in [3.05, 3.63) is 0 Å². The molecule has 0 heterocycles. The summed E-state index contributed by atoms with van der Waals surface area (Å²) in [5, 5.41) is 8.62. The van der Waals surface area contributed by atoms with E-state index in [2.05, 4.69) is 0 Å². The number of sulfonamides is 1. The Morgan fingerprint density at radius 3 is 2.53 bits per heavy atom. The number of carboxylic acid groups (broad SMARTS) is 1. The van der Waals surface area contributed by atoms with Crippen LogP contribution in [0.25, 0.3) is 0 Å². The molecule has 0 bridgehead atoms. The molecule has 0 aromatic rings. The monoisotopic (exact) mass is 265 g/mol. The van der Waals surface area contributed by atoms with E-state index in [1.807, 2.05) is 6.92 Å². The van der Waals surface area contributed by atoms with E-state index >= 15 is 0 Å². The van der Waals surface area contributed by atoms with Gasteiger partial charge < -0.3 is 9.84 Å². The van der Waals surface area contributed by atoms with Gasteiger partial charge >= 0.3 is 5.97 Å². The molecule has 1 N–H and O–H groups in total. The number of carbonyl (C=O) groups is 1. The van der Waals surface area contributed by atoms with Crippen LogP contribution in [0.15, 0.2) is 0 Å². The van der Waals surface area contributed by atoms with Gasteiger partial charge in [0.1, 0.15) is 0 Å². The standard InChI is InChI=1S/C10H19NO5S/c1-8(9-3-4-9)11(5-6-16-2)17(14,15)7-10(12)13/h8-9H,3-7H2,1-2H3,(H,12,13). The molecule has 1 rings (SSSR count). The van der Waals surface area contributed by atoms with Gasteiger partial charge in [-0.05, 0) is 25.7 Å². The maximum atomic E-state index is 11.9. The van der Waals surface area contributed by atoms with Crippen molar-refractivity contribution in [3.8, 4) is 0 Å². The second-order valence-electron chi connectivity index (χ2n) is 4.33. The fourth-order valence-corrected chi connectivity index (χ4v) is 3.34. The summed E-state index contributed by atoms with van der Waals surface area (Å²) in [5.41, 5.74) is 0. The molecular weight excluding hydrogens is 246 g/mol. The third-order valence-electron chi connectivity index (χ3n) is 2.94. The van der Waals surface area contributed by atoms with Crippen molar-refractivity contribution >= 4 is 16.0 Å². The smallest absolute Gasteiger partial charge is 0.320 e. The van der Waals surface area contributed by atoms with Crippen LogP contribution in [0.1, 0.15) is 19.8 Å². The second-order valence-corrected chi connectivity index (χ2v) is 6.25. The topological polar surface area (TPSA) is 83.9 Å². The zero-order chi connectivity index (χ0) is 13.1. The summed E-state index contributed by atoms with van der Waals surface area (Å²) in [4.78, 5) is 10.6. The quantitative estimate of drug-likeness (QED) is 0.675. The van der Waals surface area contributed by atoms with Gasteiger partial charge in [0.15, 0.2) is 5.75 Å². The average molecular weight is 265 g/mol. The Labute approximate surface area is 102 Å². The molecule has 0 spiro atoms. The van der Waals surface area contributed by atoms with Gasteiger partial charge in [0.2, 0.25) is 10.0 Å². The lowest BCUT2D eigenvalue weighted by atomic mass is 10.2. The van der Waals surface area contributed by atoms with Gasteiger partial charge in [0, 0.05) is 19.7 Å². The Morgan fingerprint density at radius 2 is 2.12 bits per heavy atom. The zero-order valence-corrected chi connectivity index (χ0v) is 10.9. The van der Waals surface area contributed by atoms with Crippen LogP contribution in [0, 0.1) is 5.92 Å². The Bertz CT molecular complexity index is 363. The van der Waals surface area contributed by atoms with Crippen LogP contribution in [0.5, 0.6) is 0 Å². The minimum absolute atomic E-state index is 0.144. The lowest BCUT2D eigenvalue weighted by molar-refractivity contribution is -0.134. The molecule has 0 saturated heterocycles. The number of hydrogen-bond donors (Lipinski definition) is 1. The highest BCUT2D eigenvalue weighted by Gasteiger charge is 2.38. The van der Waals surface area contributed by atoms with Crippen LogP contribution in [0.4, 0.5) is 0 Å². The molecule has 17 heavy (non-hydrogen) atoms. The molecule has 1 fully saturated rings. The van der Waals surface area contributed by atoms with Gasteiger partial charge in [0.05, 0.1) is 6.61 Å². The number of hydrogen-bond acceptors (Lipinski definition) is 4. The minimum atomic E-state index is -3.74. The predicted molar refractivity (Wildman–Crippen MR) is 62.2 cm³/mol. The average Bonchev–Trinajstić information content (AvgIpc) is 2.98. The Balaban J connectivity index is 2.76. The molecular formula is C10H19NO5S. The Kier molecular flexibility index (Phi) is 4.91. The van der Waals surface area contributed by atoms with Gasteiger partial charge in [-0.1, -0.05) is 0 Å². The molecule has 1 saturated carbocycles. The lowest BCUT2D eigenvalue weighted by Gasteiger charge is -2.27. The van der Waals surface area contributed by atoms with Crippen molar-refractivity contribution < 1.29 is 23.1 Å². The van der Waals surface area contributed by atoms with Crippen LogP contribution >= 0.6 is 0 Å². The van der Waals surface area contributed by atoms with Gasteiger partial charge in [-0.15, -0.1) is 0 Å². The van der Waals surface area contributed by atoms with E-state index in [0.29, 0.717) is 5.92 Å². The molecule has 6 nitrogen and oxygen atoms in total. The van der Waals surface area contributed by atoms with Crippen molar-refractivity contribution in [2.45, 2.75) is 25.8 Å².